The van der Waals surface area contributed by atoms with Gasteiger partial charge in [0.05, 0.1) is 11.9 Å². The van der Waals surface area contributed by atoms with Crippen LogP contribution in [-0.2, 0) is 0 Å². The Kier molecular flexibility index (Phi) is 5.89. The molecule has 0 atom stereocenters. The number of hydrogen-bond donors (Lipinski definition) is 1. The second-order valence-electron chi connectivity index (χ2n) is 5.08. The molecule has 0 aliphatic heterocycles. The fourth-order valence-corrected chi connectivity index (χ4v) is 2.23. The van der Waals surface area contributed by atoms with Crippen molar-refractivity contribution in [1.29, 1.82) is 0 Å². The van der Waals surface area contributed by atoms with E-state index in [4.69, 9.17) is 0 Å². The van der Waals surface area contributed by atoms with Crippen LogP contribution in [0.2, 0.25) is 0 Å². The van der Waals surface area contributed by atoms with Gasteiger partial charge in [0, 0.05) is 31.0 Å². The van der Waals surface area contributed by atoms with Crippen LogP contribution in [0.25, 0.3) is 0 Å². The number of amides is 1. The molecular weight excluding hydrogens is 276 g/mol. The summed E-state index contributed by atoms with van der Waals surface area (Å²) in [5.41, 5.74) is 1.27. The molecule has 5 heteroatoms. The Morgan fingerprint density at radius 3 is 2.32 bits per heavy atom. The van der Waals surface area contributed by atoms with Gasteiger partial charge in [0.25, 0.3) is 5.91 Å². The second-order valence-corrected chi connectivity index (χ2v) is 5.08. The molecule has 0 saturated carbocycles. The standard InChI is InChI=1S/C17H22N4O/c1-3-11-21(12-4-2)16-6-5-15(13-19-16)20-17(22)14-7-9-18-10-8-14/h5-10,13H,3-4,11-12H2,1-2H3,(H,20,22). The monoisotopic (exact) mass is 298 g/mol. The molecule has 2 aromatic heterocycles. The van der Waals surface area contributed by atoms with Gasteiger partial charge in [-0.25, -0.2) is 4.98 Å². The van der Waals surface area contributed by atoms with Gasteiger partial charge in [0.2, 0.25) is 0 Å². The minimum atomic E-state index is -0.157. The number of nitrogens with zero attached hydrogens (tertiary/aromatic N) is 3. The maximum Gasteiger partial charge on any atom is 0.255 e. The second kappa shape index (κ2) is 8.12. The van der Waals surface area contributed by atoms with Crippen LogP contribution in [0.4, 0.5) is 11.5 Å². The van der Waals surface area contributed by atoms with Crippen LogP contribution in [0, 0.1) is 0 Å². The van der Waals surface area contributed by atoms with Gasteiger partial charge in [-0.3, -0.25) is 9.78 Å². The fourth-order valence-electron chi connectivity index (χ4n) is 2.23. The summed E-state index contributed by atoms with van der Waals surface area (Å²) < 4.78 is 0. The van der Waals surface area contributed by atoms with E-state index < -0.39 is 0 Å². The quantitative estimate of drug-likeness (QED) is 0.851. The van der Waals surface area contributed by atoms with E-state index in [0.29, 0.717) is 11.3 Å². The molecule has 0 unspecified atom stereocenters. The first-order valence-corrected chi connectivity index (χ1v) is 7.67. The van der Waals surface area contributed by atoms with Gasteiger partial charge in [-0.2, -0.15) is 0 Å². The SMILES string of the molecule is CCCN(CCC)c1ccc(NC(=O)c2ccncc2)cn1. The zero-order valence-corrected chi connectivity index (χ0v) is 13.1. The highest BCUT2D eigenvalue weighted by atomic mass is 16.1. The first-order valence-electron chi connectivity index (χ1n) is 7.67. The van der Waals surface area contributed by atoms with E-state index in [0.717, 1.165) is 31.7 Å². The van der Waals surface area contributed by atoms with Gasteiger partial charge >= 0.3 is 0 Å². The molecule has 1 amide bonds. The first-order chi connectivity index (χ1) is 10.7. The number of aromatic nitrogens is 2. The number of rotatable bonds is 7. The number of carbonyl (C=O) groups excluding carboxylic acids is 1. The van der Waals surface area contributed by atoms with Crippen LogP contribution in [-0.4, -0.2) is 29.0 Å². The Bertz CT molecular complexity index is 577. The minimum absolute atomic E-state index is 0.157. The van der Waals surface area contributed by atoms with E-state index in [1.165, 1.54) is 0 Å². The molecule has 0 fully saturated rings. The molecule has 1 N–H and O–H groups in total. The molecule has 0 saturated heterocycles. The summed E-state index contributed by atoms with van der Waals surface area (Å²) in [5, 5.41) is 2.84. The lowest BCUT2D eigenvalue weighted by atomic mass is 10.2. The minimum Gasteiger partial charge on any atom is -0.357 e. The molecule has 2 heterocycles. The molecule has 116 valence electrons. The number of hydrogen-bond acceptors (Lipinski definition) is 4. The molecule has 0 radical (unpaired) electrons. The van der Waals surface area contributed by atoms with Crippen LogP contribution >= 0.6 is 0 Å². The molecule has 0 bridgehead atoms. The van der Waals surface area contributed by atoms with Crippen molar-refractivity contribution in [3.05, 3.63) is 48.4 Å². The first kappa shape index (κ1) is 15.9. The average molecular weight is 298 g/mol. The summed E-state index contributed by atoms with van der Waals surface area (Å²) >= 11 is 0. The van der Waals surface area contributed by atoms with E-state index in [-0.39, 0.29) is 5.91 Å². The normalized spacial score (nSPS) is 10.3. The van der Waals surface area contributed by atoms with E-state index in [1.54, 1.807) is 30.7 Å². The van der Waals surface area contributed by atoms with E-state index in [2.05, 4.69) is 34.0 Å². The largest absolute Gasteiger partial charge is 0.357 e. The van der Waals surface area contributed by atoms with Gasteiger partial charge in [-0.05, 0) is 37.1 Å². The highest BCUT2D eigenvalue weighted by Gasteiger charge is 2.08. The van der Waals surface area contributed by atoms with Crippen LogP contribution < -0.4 is 10.2 Å². The molecule has 0 spiro atoms. The predicted octanol–water partition coefficient (Wildman–Crippen LogP) is 3.36. The van der Waals surface area contributed by atoms with Crippen LogP contribution in [0.3, 0.4) is 0 Å². The Morgan fingerprint density at radius 2 is 1.77 bits per heavy atom. The summed E-state index contributed by atoms with van der Waals surface area (Å²) in [6.45, 7) is 6.30. The van der Waals surface area contributed by atoms with Gasteiger partial charge in [-0.1, -0.05) is 13.8 Å². The summed E-state index contributed by atoms with van der Waals surface area (Å²) in [7, 11) is 0. The molecule has 5 nitrogen and oxygen atoms in total. The van der Waals surface area contributed by atoms with Gasteiger partial charge in [-0.15, -0.1) is 0 Å². The molecular formula is C17H22N4O. The number of anilines is 2. The topological polar surface area (TPSA) is 58.1 Å². The third kappa shape index (κ3) is 4.28. The van der Waals surface area contributed by atoms with Crippen molar-refractivity contribution in [2.45, 2.75) is 26.7 Å². The zero-order chi connectivity index (χ0) is 15.8. The number of pyridine rings is 2. The van der Waals surface area contributed by atoms with Crippen molar-refractivity contribution in [3.8, 4) is 0 Å². The molecule has 2 rings (SSSR count). The van der Waals surface area contributed by atoms with E-state index in [9.17, 15) is 4.79 Å². The predicted molar refractivity (Wildman–Crippen MR) is 89.2 cm³/mol. The van der Waals surface area contributed by atoms with E-state index in [1.807, 2.05) is 12.1 Å². The van der Waals surface area contributed by atoms with Crippen LogP contribution in [0.5, 0.6) is 0 Å². The van der Waals surface area contributed by atoms with Crippen LogP contribution in [0.15, 0.2) is 42.9 Å². The number of nitrogens with one attached hydrogen (secondary N) is 1. The fraction of sp³-hybridized carbons (Fsp3) is 0.353. The summed E-state index contributed by atoms with van der Waals surface area (Å²) in [4.78, 5) is 22.7. The lowest BCUT2D eigenvalue weighted by Gasteiger charge is -2.22. The number of carbonyl (C=O) groups is 1. The maximum atomic E-state index is 12.1. The summed E-state index contributed by atoms with van der Waals surface area (Å²) in [6.07, 6.45) is 7.07. The van der Waals surface area contributed by atoms with Crippen molar-refractivity contribution in [2.24, 2.45) is 0 Å². The molecule has 22 heavy (non-hydrogen) atoms. The average Bonchev–Trinajstić information content (AvgIpc) is 2.56. The lowest BCUT2D eigenvalue weighted by molar-refractivity contribution is 0.102. The van der Waals surface area contributed by atoms with Crippen molar-refractivity contribution < 1.29 is 4.79 Å². The van der Waals surface area contributed by atoms with Crippen molar-refractivity contribution in [1.82, 2.24) is 9.97 Å². The van der Waals surface area contributed by atoms with E-state index >= 15 is 0 Å². The molecule has 0 aliphatic rings. The van der Waals surface area contributed by atoms with Crippen molar-refractivity contribution >= 4 is 17.4 Å². The Morgan fingerprint density at radius 1 is 1.09 bits per heavy atom. The van der Waals surface area contributed by atoms with Crippen molar-refractivity contribution in [3.63, 3.8) is 0 Å². The zero-order valence-electron chi connectivity index (χ0n) is 13.1. The molecule has 0 aliphatic carbocycles. The van der Waals surface area contributed by atoms with Gasteiger partial charge in [0.15, 0.2) is 0 Å². The third-order valence-electron chi connectivity index (χ3n) is 3.26. The Balaban J connectivity index is 2.03. The summed E-state index contributed by atoms with van der Waals surface area (Å²) in [6, 6.07) is 7.20. The van der Waals surface area contributed by atoms with Gasteiger partial charge in [0.1, 0.15) is 5.82 Å². The molecule has 0 aromatic carbocycles. The Hall–Kier alpha value is -2.43. The van der Waals surface area contributed by atoms with Crippen LogP contribution in [0.1, 0.15) is 37.0 Å². The van der Waals surface area contributed by atoms with Crippen molar-refractivity contribution in [2.75, 3.05) is 23.3 Å². The smallest absolute Gasteiger partial charge is 0.255 e. The molecule has 2 aromatic rings. The highest BCUT2D eigenvalue weighted by Crippen LogP contribution is 2.15. The lowest BCUT2D eigenvalue weighted by Crippen LogP contribution is -2.25. The maximum absolute atomic E-state index is 12.1. The summed E-state index contributed by atoms with van der Waals surface area (Å²) in [5.74, 6) is 0.793. The highest BCUT2D eigenvalue weighted by molar-refractivity contribution is 6.04. The third-order valence-corrected chi connectivity index (χ3v) is 3.26. The Labute approximate surface area is 131 Å². The van der Waals surface area contributed by atoms with Gasteiger partial charge < -0.3 is 10.2 Å².